The van der Waals surface area contributed by atoms with E-state index >= 15 is 0 Å². The predicted molar refractivity (Wildman–Crippen MR) is 59.2 cm³/mol. The normalized spacial score (nSPS) is 9.77. The average molecular weight is 263 g/mol. The molecule has 0 radical (unpaired) electrons. The highest BCUT2D eigenvalue weighted by Gasteiger charge is 2.06. The maximum absolute atomic E-state index is 12.8. The zero-order valence-corrected chi connectivity index (χ0v) is 9.30. The number of hydrogen-bond donors (Lipinski definition) is 2. The molecule has 0 saturated heterocycles. The van der Waals surface area contributed by atoms with Crippen LogP contribution < -0.4 is 11.1 Å². The molecule has 70 valence electrons. The van der Waals surface area contributed by atoms with Crippen molar-refractivity contribution in [2.45, 2.75) is 6.92 Å². The fourth-order valence-electron chi connectivity index (χ4n) is 0.984. The molecule has 1 aromatic rings. The summed E-state index contributed by atoms with van der Waals surface area (Å²) >= 11 is 7.89. The highest BCUT2D eigenvalue weighted by molar-refractivity contribution is 9.10. The van der Waals surface area contributed by atoms with Crippen molar-refractivity contribution in [1.29, 1.82) is 0 Å². The molecule has 0 aromatic heterocycles. The molecule has 0 aliphatic heterocycles. The van der Waals surface area contributed by atoms with Crippen molar-refractivity contribution in [1.82, 2.24) is 0 Å². The number of nitrogens with two attached hydrogens (primary N) is 1. The number of thiocarbonyl (C=S) groups is 1. The molecule has 0 aliphatic carbocycles. The minimum atomic E-state index is -0.294. The van der Waals surface area contributed by atoms with Gasteiger partial charge in [0.2, 0.25) is 0 Å². The number of anilines is 1. The molecule has 0 fully saturated rings. The van der Waals surface area contributed by atoms with Gasteiger partial charge in [-0.05, 0) is 52.8 Å². The molecule has 1 aromatic carbocycles. The van der Waals surface area contributed by atoms with Gasteiger partial charge in [-0.3, -0.25) is 0 Å². The summed E-state index contributed by atoms with van der Waals surface area (Å²) in [4.78, 5) is 0. The average Bonchev–Trinajstić information content (AvgIpc) is 1.96. The topological polar surface area (TPSA) is 38.0 Å². The standard InChI is InChI=1S/C8H8BrFN2S/c1-4-2-5(10)3-6(9)7(4)12-8(11)13/h2-3H,1H3,(H3,11,12,13). The summed E-state index contributed by atoms with van der Waals surface area (Å²) in [5.74, 6) is -0.294. The molecular formula is C8H8BrFN2S. The van der Waals surface area contributed by atoms with Gasteiger partial charge >= 0.3 is 0 Å². The van der Waals surface area contributed by atoms with Crippen molar-refractivity contribution in [3.05, 3.63) is 28.0 Å². The first kappa shape index (κ1) is 10.4. The first-order valence-corrected chi connectivity index (χ1v) is 4.73. The molecule has 0 unspecified atom stereocenters. The minimum absolute atomic E-state index is 0.162. The highest BCUT2D eigenvalue weighted by Crippen LogP contribution is 2.27. The summed E-state index contributed by atoms with van der Waals surface area (Å²) in [6.07, 6.45) is 0. The lowest BCUT2D eigenvalue weighted by Gasteiger charge is -2.09. The van der Waals surface area contributed by atoms with Gasteiger partial charge in [-0.1, -0.05) is 0 Å². The van der Waals surface area contributed by atoms with Gasteiger partial charge < -0.3 is 11.1 Å². The van der Waals surface area contributed by atoms with Gasteiger partial charge in [0, 0.05) is 4.47 Å². The van der Waals surface area contributed by atoms with Crippen molar-refractivity contribution in [3.8, 4) is 0 Å². The van der Waals surface area contributed by atoms with Crippen molar-refractivity contribution >= 4 is 38.9 Å². The van der Waals surface area contributed by atoms with Crippen LogP contribution in [-0.4, -0.2) is 5.11 Å². The number of rotatable bonds is 1. The van der Waals surface area contributed by atoms with Gasteiger partial charge in [-0.15, -0.1) is 0 Å². The van der Waals surface area contributed by atoms with Crippen LogP contribution in [0.15, 0.2) is 16.6 Å². The lowest BCUT2D eigenvalue weighted by molar-refractivity contribution is 0.626. The van der Waals surface area contributed by atoms with Gasteiger partial charge in [0.25, 0.3) is 0 Å². The molecule has 2 nitrogen and oxygen atoms in total. The van der Waals surface area contributed by atoms with Crippen molar-refractivity contribution in [2.24, 2.45) is 5.73 Å². The van der Waals surface area contributed by atoms with E-state index in [4.69, 9.17) is 5.73 Å². The lowest BCUT2D eigenvalue weighted by atomic mass is 10.2. The van der Waals surface area contributed by atoms with E-state index in [0.29, 0.717) is 10.2 Å². The fourth-order valence-corrected chi connectivity index (χ4v) is 1.72. The van der Waals surface area contributed by atoms with Crippen molar-refractivity contribution < 1.29 is 4.39 Å². The Bertz CT molecular complexity index is 331. The van der Waals surface area contributed by atoms with E-state index in [1.165, 1.54) is 12.1 Å². The zero-order chi connectivity index (χ0) is 10.0. The molecule has 0 saturated carbocycles. The molecule has 0 atom stereocenters. The number of halogens is 2. The van der Waals surface area contributed by atoms with Crippen LogP contribution in [0.5, 0.6) is 0 Å². The molecule has 0 aliphatic rings. The monoisotopic (exact) mass is 262 g/mol. The molecule has 3 N–H and O–H groups in total. The second-order valence-electron chi connectivity index (χ2n) is 2.57. The Balaban J connectivity index is 3.13. The SMILES string of the molecule is Cc1cc(F)cc(Br)c1NC(N)=S. The maximum Gasteiger partial charge on any atom is 0.168 e. The van der Waals surface area contributed by atoms with E-state index in [-0.39, 0.29) is 10.9 Å². The number of aryl methyl sites for hydroxylation is 1. The van der Waals surface area contributed by atoms with Gasteiger partial charge in [0.05, 0.1) is 5.69 Å². The first-order chi connectivity index (χ1) is 6.00. The third-order valence-electron chi connectivity index (χ3n) is 1.50. The second-order valence-corrected chi connectivity index (χ2v) is 3.86. The van der Waals surface area contributed by atoms with Crippen LogP contribution in [0, 0.1) is 12.7 Å². The minimum Gasteiger partial charge on any atom is -0.376 e. The summed E-state index contributed by atoms with van der Waals surface area (Å²) in [6.45, 7) is 1.77. The van der Waals surface area contributed by atoms with Crippen LogP contribution in [0.2, 0.25) is 0 Å². The maximum atomic E-state index is 12.8. The predicted octanol–water partition coefficient (Wildman–Crippen LogP) is 2.55. The van der Waals surface area contributed by atoms with Crippen LogP contribution in [-0.2, 0) is 0 Å². The molecule has 0 spiro atoms. The van der Waals surface area contributed by atoms with Crippen LogP contribution >= 0.6 is 28.1 Å². The second kappa shape index (κ2) is 4.02. The Kier molecular flexibility index (Phi) is 3.22. The summed E-state index contributed by atoms with van der Waals surface area (Å²) < 4.78 is 13.4. The van der Waals surface area contributed by atoms with Gasteiger partial charge in [-0.2, -0.15) is 0 Å². The molecule has 5 heteroatoms. The fraction of sp³-hybridized carbons (Fsp3) is 0.125. The van der Waals surface area contributed by atoms with E-state index in [1.54, 1.807) is 6.92 Å². The van der Waals surface area contributed by atoms with E-state index < -0.39 is 0 Å². The molecule has 13 heavy (non-hydrogen) atoms. The lowest BCUT2D eigenvalue weighted by Crippen LogP contribution is -2.19. The van der Waals surface area contributed by atoms with Crippen LogP contribution in [0.25, 0.3) is 0 Å². The quantitative estimate of drug-likeness (QED) is 0.765. The van der Waals surface area contributed by atoms with E-state index in [1.807, 2.05) is 0 Å². The van der Waals surface area contributed by atoms with E-state index in [9.17, 15) is 4.39 Å². The van der Waals surface area contributed by atoms with E-state index in [0.717, 1.165) is 5.56 Å². The Morgan fingerprint density at radius 3 is 2.69 bits per heavy atom. The Morgan fingerprint density at radius 1 is 1.62 bits per heavy atom. The summed E-state index contributed by atoms with van der Waals surface area (Å²) in [5, 5.41) is 2.93. The summed E-state index contributed by atoms with van der Waals surface area (Å²) in [7, 11) is 0. The molecular weight excluding hydrogens is 255 g/mol. The Morgan fingerprint density at radius 2 is 2.23 bits per heavy atom. The Hall–Kier alpha value is -0.680. The molecule has 0 amide bonds. The Labute approximate surface area is 89.4 Å². The summed E-state index contributed by atoms with van der Waals surface area (Å²) in [6, 6.07) is 2.76. The van der Waals surface area contributed by atoms with Crippen molar-refractivity contribution in [3.63, 3.8) is 0 Å². The first-order valence-electron chi connectivity index (χ1n) is 3.53. The molecule has 0 bridgehead atoms. The van der Waals surface area contributed by atoms with Crippen LogP contribution in [0.4, 0.5) is 10.1 Å². The van der Waals surface area contributed by atoms with Gasteiger partial charge in [-0.25, -0.2) is 4.39 Å². The zero-order valence-electron chi connectivity index (χ0n) is 6.90. The molecule has 1 rings (SSSR count). The van der Waals surface area contributed by atoms with Crippen molar-refractivity contribution in [2.75, 3.05) is 5.32 Å². The van der Waals surface area contributed by atoms with Crippen LogP contribution in [0.1, 0.15) is 5.56 Å². The smallest absolute Gasteiger partial charge is 0.168 e. The molecule has 0 heterocycles. The highest BCUT2D eigenvalue weighted by atomic mass is 79.9. The number of hydrogen-bond acceptors (Lipinski definition) is 1. The van der Waals surface area contributed by atoms with E-state index in [2.05, 4.69) is 33.5 Å². The van der Waals surface area contributed by atoms with Crippen LogP contribution in [0.3, 0.4) is 0 Å². The summed E-state index contributed by atoms with van der Waals surface area (Å²) in [5.41, 5.74) is 6.76. The van der Waals surface area contributed by atoms with Gasteiger partial charge in [0.15, 0.2) is 5.11 Å². The number of nitrogens with one attached hydrogen (secondary N) is 1. The van der Waals surface area contributed by atoms with Gasteiger partial charge in [0.1, 0.15) is 5.82 Å². The number of benzene rings is 1. The third-order valence-corrected chi connectivity index (χ3v) is 2.23. The largest absolute Gasteiger partial charge is 0.376 e. The third kappa shape index (κ3) is 2.63.